The van der Waals surface area contributed by atoms with Crippen LogP contribution in [-0.2, 0) is 14.4 Å². The van der Waals surface area contributed by atoms with Gasteiger partial charge < -0.3 is 15.3 Å². The molecule has 0 radical (unpaired) electrons. The van der Waals surface area contributed by atoms with Crippen LogP contribution in [0.2, 0.25) is 0 Å². The van der Waals surface area contributed by atoms with Gasteiger partial charge in [-0.1, -0.05) is 6.92 Å². The van der Waals surface area contributed by atoms with Crippen molar-refractivity contribution >= 4 is 17.6 Å². The van der Waals surface area contributed by atoms with Crippen LogP contribution in [0.3, 0.4) is 0 Å². The fraction of sp³-hybridized carbons (Fsp3) is 0.727. The molecule has 2 unspecified atom stereocenters. The lowest BCUT2D eigenvalue weighted by Gasteiger charge is -2.19. The fourth-order valence-corrected chi connectivity index (χ4v) is 1.75. The first-order chi connectivity index (χ1) is 7.91. The van der Waals surface area contributed by atoms with E-state index in [1.807, 2.05) is 0 Å². The largest absolute Gasteiger partial charge is 0.373 e. The summed E-state index contributed by atoms with van der Waals surface area (Å²) >= 11 is 0. The Bertz CT molecular complexity index is 329. The highest BCUT2D eigenvalue weighted by atomic mass is 16.3. The Morgan fingerprint density at radius 2 is 2.18 bits per heavy atom. The van der Waals surface area contributed by atoms with Gasteiger partial charge in [-0.05, 0) is 6.92 Å². The van der Waals surface area contributed by atoms with E-state index in [2.05, 4.69) is 5.32 Å². The molecule has 96 valence electrons. The number of nitrogens with zero attached hydrogens (tertiary/aromatic N) is 1. The van der Waals surface area contributed by atoms with Crippen molar-refractivity contribution < 1.29 is 19.5 Å². The van der Waals surface area contributed by atoms with E-state index in [9.17, 15) is 19.5 Å². The summed E-state index contributed by atoms with van der Waals surface area (Å²) in [4.78, 5) is 34.8. The Kier molecular flexibility index (Phi) is 4.62. The number of rotatable bonds is 5. The molecular formula is C11H18N2O4. The third-order valence-electron chi connectivity index (χ3n) is 2.74. The van der Waals surface area contributed by atoms with Crippen LogP contribution < -0.4 is 5.32 Å². The third kappa shape index (κ3) is 3.81. The average molecular weight is 242 g/mol. The lowest BCUT2D eigenvalue weighted by molar-refractivity contribution is -0.140. The SMILES string of the molecule is CC(=O)CCNC(=O)CN1C(=O)C(C)CC1O. The molecule has 0 aromatic rings. The average Bonchev–Trinajstić information content (AvgIpc) is 2.44. The summed E-state index contributed by atoms with van der Waals surface area (Å²) in [6.07, 6.45) is -0.242. The zero-order valence-electron chi connectivity index (χ0n) is 10.1. The Balaban J connectivity index is 2.36. The van der Waals surface area contributed by atoms with Gasteiger partial charge in [-0.3, -0.25) is 14.4 Å². The van der Waals surface area contributed by atoms with E-state index in [1.54, 1.807) is 6.92 Å². The van der Waals surface area contributed by atoms with Crippen LogP contribution in [-0.4, -0.2) is 46.9 Å². The first-order valence-corrected chi connectivity index (χ1v) is 5.66. The van der Waals surface area contributed by atoms with Gasteiger partial charge in [-0.25, -0.2) is 0 Å². The van der Waals surface area contributed by atoms with Crippen molar-refractivity contribution in [3.8, 4) is 0 Å². The van der Waals surface area contributed by atoms with Crippen molar-refractivity contribution in [1.29, 1.82) is 0 Å². The molecule has 1 saturated heterocycles. The van der Waals surface area contributed by atoms with Crippen LogP contribution in [0.4, 0.5) is 0 Å². The molecule has 17 heavy (non-hydrogen) atoms. The second kappa shape index (κ2) is 5.77. The van der Waals surface area contributed by atoms with Crippen molar-refractivity contribution in [2.45, 2.75) is 32.9 Å². The van der Waals surface area contributed by atoms with E-state index in [0.717, 1.165) is 4.90 Å². The van der Waals surface area contributed by atoms with E-state index >= 15 is 0 Å². The smallest absolute Gasteiger partial charge is 0.239 e. The summed E-state index contributed by atoms with van der Waals surface area (Å²) < 4.78 is 0. The second-order valence-electron chi connectivity index (χ2n) is 4.39. The lowest BCUT2D eigenvalue weighted by atomic mass is 10.1. The van der Waals surface area contributed by atoms with Crippen molar-refractivity contribution in [2.24, 2.45) is 5.92 Å². The number of aliphatic hydroxyl groups is 1. The van der Waals surface area contributed by atoms with E-state index in [0.29, 0.717) is 6.42 Å². The van der Waals surface area contributed by atoms with E-state index in [-0.39, 0.29) is 43.0 Å². The monoisotopic (exact) mass is 242 g/mol. The van der Waals surface area contributed by atoms with Crippen LogP contribution in [0.5, 0.6) is 0 Å². The molecule has 1 aliphatic rings. The number of hydrogen-bond acceptors (Lipinski definition) is 4. The number of Topliss-reactive ketones (excluding diaryl/α,β-unsaturated/α-hetero) is 1. The molecule has 1 heterocycles. The third-order valence-corrected chi connectivity index (χ3v) is 2.74. The zero-order chi connectivity index (χ0) is 13.0. The molecule has 1 aliphatic heterocycles. The van der Waals surface area contributed by atoms with Crippen LogP contribution in [0.1, 0.15) is 26.7 Å². The molecule has 0 saturated carbocycles. The number of likely N-dealkylation sites (tertiary alicyclic amines) is 1. The van der Waals surface area contributed by atoms with Gasteiger partial charge in [0.15, 0.2) is 0 Å². The summed E-state index contributed by atoms with van der Waals surface area (Å²) in [6.45, 7) is 3.28. The van der Waals surface area contributed by atoms with Crippen LogP contribution in [0.25, 0.3) is 0 Å². The number of aliphatic hydroxyl groups excluding tert-OH is 1. The van der Waals surface area contributed by atoms with Crippen molar-refractivity contribution in [3.05, 3.63) is 0 Å². The molecule has 2 atom stereocenters. The Morgan fingerprint density at radius 1 is 1.53 bits per heavy atom. The summed E-state index contributed by atoms with van der Waals surface area (Å²) in [7, 11) is 0. The molecule has 0 aromatic heterocycles. The van der Waals surface area contributed by atoms with Gasteiger partial charge in [-0.2, -0.15) is 0 Å². The molecule has 6 heteroatoms. The van der Waals surface area contributed by atoms with Crippen LogP contribution in [0.15, 0.2) is 0 Å². The molecule has 6 nitrogen and oxygen atoms in total. The van der Waals surface area contributed by atoms with Crippen LogP contribution >= 0.6 is 0 Å². The van der Waals surface area contributed by atoms with Gasteiger partial charge in [0, 0.05) is 25.3 Å². The van der Waals surface area contributed by atoms with Crippen molar-refractivity contribution in [1.82, 2.24) is 10.2 Å². The van der Waals surface area contributed by atoms with Crippen LogP contribution in [0, 0.1) is 5.92 Å². The van der Waals surface area contributed by atoms with Gasteiger partial charge in [0.25, 0.3) is 0 Å². The van der Waals surface area contributed by atoms with Crippen molar-refractivity contribution in [2.75, 3.05) is 13.1 Å². The summed E-state index contributed by atoms with van der Waals surface area (Å²) in [5, 5.41) is 12.1. The highest BCUT2D eigenvalue weighted by Crippen LogP contribution is 2.21. The number of carbonyl (C=O) groups excluding carboxylic acids is 3. The predicted octanol–water partition coefficient (Wildman–Crippen LogP) is -0.731. The topological polar surface area (TPSA) is 86.7 Å². The predicted molar refractivity (Wildman–Crippen MR) is 59.8 cm³/mol. The molecule has 0 aliphatic carbocycles. The number of carbonyl (C=O) groups is 3. The normalized spacial score (nSPS) is 23.9. The zero-order valence-corrected chi connectivity index (χ0v) is 10.1. The molecule has 2 N–H and O–H groups in total. The molecule has 0 aromatic carbocycles. The van der Waals surface area contributed by atoms with E-state index < -0.39 is 6.23 Å². The van der Waals surface area contributed by atoms with Crippen molar-refractivity contribution in [3.63, 3.8) is 0 Å². The van der Waals surface area contributed by atoms with Gasteiger partial charge in [0.05, 0.1) is 0 Å². The van der Waals surface area contributed by atoms with E-state index in [1.165, 1.54) is 6.92 Å². The van der Waals surface area contributed by atoms with Gasteiger partial charge >= 0.3 is 0 Å². The summed E-state index contributed by atoms with van der Waals surface area (Å²) in [5.41, 5.74) is 0. The molecule has 0 spiro atoms. The first-order valence-electron chi connectivity index (χ1n) is 5.66. The number of nitrogens with one attached hydrogen (secondary N) is 1. The van der Waals surface area contributed by atoms with Gasteiger partial charge in [-0.15, -0.1) is 0 Å². The lowest BCUT2D eigenvalue weighted by Crippen LogP contribution is -2.42. The highest BCUT2D eigenvalue weighted by Gasteiger charge is 2.36. The fourth-order valence-electron chi connectivity index (χ4n) is 1.75. The second-order valence-corrected chi connectivity index (χ2v) is 4.39. The number of ketones is 1. The first kappa shape index (κ1) is 13.6. The maximum atomic E-state index is 11.6. The quantitative estimate of drug-likeness (QED) is 0.665. The number of amides is 2. The highest BCUT2D eigenvalue weighted by molar-refractivity contribution is 5.87. The van der Waals surface area contributed by atoms with E-state index in [4.69, 9.17) is 0 Å². The molecule has 1 fully saturated rings. The standard InChI is InChI=1S/C11H18N2O4/c1-7-5-10(16)13(11(7)17)6-9(15)12-4-3-8(2)14/h7,10,16H,3-6H2,1-2H3,(H,12,15). The molecule has 2 amide bonds. The Labute approximate surface area is 100.0 Å². The molecule has 0 bridgehead atoms. The number of hydrogen-bond donors (Lipinski definition) is 2. The van der Waals surface area contributed by atoms with Gasteiger partial charge in [0.2, 0.25) is 11.8 Å². The molecular weight excluding hydrogens is 224 g/mol. The summed E-state index contributed by atoms with van der Waals surface area (Å²) in [5.74, 6) is -0.807. The Morgan fingerprint density at radius 3 is 2.65 bits per heavy atom. The van der Waals surface area contributed by atoms with Gasteiger partial charge in [0.1, 0.15) is 18.6 Å². The molecule has 1 rings (SSSR count). The summed E-state index contributed by atoms with van der Waals surface area (Å²) in [6, 6.07) is 0. The minimum Gasteiger partial charge on any atom is -0.373 e. The maximum Gasteiger partial charge on any atom is 0.239 e. The minimum atomic E-state index is -0.879. The minimum absolute atomic E-state index is 0.00351. The Hall–Kier alpha value is -1.43. The maximum absolute atomic E-state index is 11.6.